The van der Waals surface area contributed by atoms with Crippen LogP contribution in [0.4, 0.5) is 10.1 Å². The predicted molar refractivity (Wildman–Crippen MR) is 108 cm³/mol. The van der Waals surface area contributed by atoms with Crippen molar-refractivity contribution in [2.75, 3.05) is 18.4 Å². The standard InChI is InChI=1S/C21H22FN3O3S/c22-19-7-3-17(4-8-19)15-29(27,28)25-13-1-2-18(14-25)21(26)24-20-9-5-16(6-10-20)11-12-23/h3-10,18H,1-2,11,13-15H2,(H,24,26). The zero-order chi connectivity index (χ0) is 20.9. The lowest BCUT2D eigenvalue weighted by atomic mass is 9.98. The number of sulfonamides is 1. The second-order valence-electron chi connectivity index (χ2n) is 7.10. The molecule has 0 spiro atoms. The fraction of sp³-hybridized carbons (Fsp3) is 0.333. The van der Waals surface area contributed by atoms with Crippen molar-refractivity contribution >= 4 is 21.6 Å². The van der Waals surface area contributed by atoms with Gasteiger partial charge >= 0.3 is 0 Å². The molecule has 2 aromatic carbocycles. The number of carbonyl (C=O) groups excluding carboxylic acids is 1. The van der Waals surface area contributed by atoms with Gasteiger partial charge in [-0.1, -0.05) is 24.3 Å². The largest absolute Gasteiger partial charge is 0.326 e. The van der Waals surface area contributed by atoms with Crippen LogP contribution in [0.25, 0.3) is 0 Å². The molecule has 0 radical (unpaired) electrons. The highest BCUT2D eigenvalue weighted by atomic mass is 32.2. The summed E-state index contributed by atoms with van der Waals surface area (Å²) in [5.41, 5.74) is 1.99. The average molecular weight is 415 g/mol. The summed E-state index contributed by atoms with van der Waals surface area (Å²) in [6, 6.07) is 14.5. The Kier molecular flexibility index (Phi) is 6.62. The smallest absolute Gasteiger partial charge is 0.228 e. The molecule has 1 atom stereocenters. The Morgan fingerprint density at radius 2 is 1.79 bits per heavy atom. The third-order valence-electron chi connectivity index (χ3n) is 4.92. The lowest BCUT2D eigenvalue weighted by Crippen LogP contribution is -2.44. The molecule has 8 heteroatoms. The Balaban J connectivity index is 1.62. The Labute approximate surface area is 170 Å². The first-order valence-electron chi connectivity index (χ1n) is 9.36. The van der Waals surface area contributed by atoms with Crippen molar-refractivity contribution in [3.63, 3.8) is 0 Å². The van der Waals surface area contributed by atoms with Crippen molar-refractivity contribution in [1.82, 2.24) is 4.31 Å². The van der Waals surface area contributed by atoms with Gasteiger partial charge in [-0.15, -0.1) is 0 Å². The first-order chi connectivity index (χ1) is 13.9. The van der Waals surface area contributed by atoms with Crippen LogP contribution >= 0.6 is 0 Å². The zero-order valence-electron chi connectivity index (χ0n) is 15.8. The maximum atomic E-state index is 13.0. The summed E-state index contributed by atoms with van der Waals surface area (Å²) in [5.74, 6) is -1.30. The molecule has 0 saturated carbocycles. The molecular formula is C21H22FN3O3S. The van der Waals surface area contributed by atoms with Crippen LogP contribution in [0, 0.1) is 23.1 Å². The van der Waals surface area contributed by atoms with Crippen LogP contribution in [-0.4, -0.2) is 31.7 Å². The van der Waals surface area contributed by atoms with Gasteiger partial charge in [-0.3, -0.25) is 4.79 Å². The van der Waals surface area contributed by atoms with Gasteiger partial charge in [0.05, 0.1) is 24.2 Å². The molecule has 1 aliphatic rings. The van der Waals surface area contributed by atoms with E-state index in [1.54, 1.807) is 24.3 Å². The quantitative estimate of drug-likeness (QED) is 0.785. The number of hydrogen-bond acceptors (Lipinski definition) is 4. The number of nitrogens with one attached hydrogen (secondary N) is 1. The molecule has 152 valence electrons. The van der Waals surface area contributed by atoms with Crippen molar-refractivity contribution in [1.29, 1.82) is 5.26 Å². The highest BCUT2D eigenvalue weighted by Crippen LogP contribution is 2.23. The number of benzene rings is 2. The topological polar surface area (TPSA) is 90.3 Å². The van der Waals surface area contributed by atoms with Crippen LogP contribution in [-0.2, 0) is 27.0 Å². The number of anilines is 1. The Morgan fingerprint density at radius 1 is 1.14 bits per heavy atom. The van der Waals surface area contributed by atoms with Crippen LogP contribution in [0.2, 0.25) is 0 Å². The van der Waals surface area contributed by atoms with Gasteiger partial charge in [-0.2, -0.15) is 5.26 Å². The molecule has 1 N–H and O–H groups in total. The zero-order valence-corrected chi connectivity index (χ0v) is 16.7. The van der Waals surface area contributed by atoms with E-state index in [4.69, 9.17) is 5.26 Å². The van der Waals surface area contributed by atoms with Gasteiger partial charge in [0.1, 0.15) is 5.82 Å². The number of amides is 1. The summed E-state index contributed by atoms with van der Waals surface area (Å²) in [4.78, 5) is 12.6. The van der Waals surface area contributed by atoms with Crippen LogP contribution < -0.4 is 5.32 Å². The summed E-state index contributed by atoms with van der Waals surface area (Å²) >= 11 is 0. The Morgan fingerprint density at radius 3 is 2.45 bits per heavy atom. The molecule has 29 heavy (non-hydrogen) atoms. The number of halogens is 1. The minimum Gasteiger partial charge on any atom is -0.326 e. The Hall–Kier alpha value is -2.76. The number of rotatable bonds is 6. The minimum atomic E-state index is -3.60. The van der Waals surface area contributed by atoms with Crippen LogP contribution in [0.1, 0.15) is 24.0 Å². The van der Waals surface area contributed by atoms with E-state index in [1.807, 2.05) is 0 Å². The molecule has 0 aliphatic carbocycles. The molecule has 0 bridgehead atoms. The van der Waals surface area contributed by atoms with E-state index in [0.717, 1.165) is 5.56 Å². The summed E-state index contributed by atoms with van der Waals surface area (Å²) < 4.78 is 39.9. The normalized spacial score (nSPS) is 17.4. The van der Waals surface area contributed by atoms with Crippen LogP contribution in [0.5, 0.6) is 0 Å². The van der Waals surface area contributed by atoms with E-state index in [9.17, 15) is 17.6 Å². The summed E-state index contributed by atoms with van der Waals surface area (Å²) in [6.45, 7) is 0.498. The van der Waals surface area contributed by atoms with Gasteiger partial charge in [0.2, 0.25) is 15.9 Å². The summed E-state index contributed by atoms with van der Waals surface area (Å²) in [6.07, 6.45) is 1.51. The molecule has 1 aliphatic heterocycles. The Bertz CT molecular complexity index is 999. The molecule has 0 aromatic heterocycles. The van der Waals surface area contributed by atoms with Crippen LogP contribution in [0.15, 0.2) is 48.5 Å². The monoisotopic (exact) mass is 415 g/mol. The van der Waals surface area contributed by atoms with E-state index in [1.165, 1.54) is 28.6 Å². The molecule has 1 heterocycles. The third kappa shape index (κ3) is 5.62. The predicted octanol–water partition coefficient (Wildman–Crippen LogP) is 3.07. The van der Waals surface area contributed by atoms with Gasteiger partial charge in [-0.25, -0.2) is 17.1 Å². The molecule has 3 rings (SSSR count). The lowest BCUT2D eigenvalue weighted by molar-refractivity contribution is -0.120. The highest BCUT2D eigenvalue weighted by Gasteiger charge is 2.32. The first kappa shape index (κ1) is 21.0. The maximum Gasteiger partial charge on any atom is 0.228 e. The lowest BCUT2D eigenvalue weighted by Gasteiger charge is -2.31. The number of nitrogens with zero attached hydrogens (tertiary/aromatic N) is 2. The van der Waals surface area contributed by atoms with Crippen molar-refractivity contribution in [3.8, 4) is 6.07 Å². The molecular weight excluding hydrogens is 393 g/mol. The summed E-state index contributed by atoms with van der Waals surface area (Å²) in [7, 11) is -3.60. The van der Waals surface area contributed by atoms with E-state index in [2.05, 4.69) is 11.4 Å². The highest BCUT2D eigenvalue weighted by molar-refractivity contribution is 7.88. The van der Waals surface area contributed by atoms with Gasteiger partial charge in [0, 0.05) is 18.8 Å². The molecule has 6 nitrogen and oxygen atoms in total. The molecule has 1 fully saturated rings. The molecule has 1 unspecified atom stereocenters. The molecule has 1 saturated heterocycles. The van der Waals surface area contributed by atoms with Crippen molar-refractivity contribution in [2.24, 2.45) is 5.92 Å². The third-order valence-corrected chi connectivity index (χ3v) is 6.73. The van der Waals surface area contributed by atoms with E-state index in [0.29, 0.717) is 37.1 Å². The van der Waals surface area contributed by atoms with Gasteiger partial charge in [0.25, 0.3) is 0 Å². The maximum absolute atomic E-state index is 13.0. The van der Waals surface area contributed by atoms with Gasteiger partial charge in [-0.05, 0) is 48.2 Å². The average Bonchev–Trinajstić information content (AvgIpc) is 2.71. The SMILES string of the molecule is N#CCc1ccc(NC(=O)C2CCCN(S(=O)(=O)Cc3ccc(F)cc3)C2)cc1. The van der Waals surface area contributed by atoms with E-state index in [-0.39, 0.29) is 18.2 Å². The number of carbonyl (C=O) groups is 1. The van der Waals surface area contributed by atoms with Crippen LogP contribution in [0.3, 0.4) is 0 Å². The van der Waals surface area contributed by atoms with E-state index >= 15 is 0 Å². The molecule has 1 amide bonds. The van der Waals surface area contributed by atoms with Crippen molar-refractivity contribution in [3.05, 3.63) is 65.5 Å². The fourth-order valence-corrected chi connectivity index (χ4v) is 4.94. The number of nitriles is 1. The van der Waals surface area contributed by atoms with Gasteiger partial charge in [0.15, 0.2) is 0 Å². The number of hydrogen-bond donors (Lipinski definition) is 1. The second kappa shape index (κ2) is 9.16. The van der Waals surface area contributed by atoms with Crippen molar-refractivity contribution in [2.45, 2.75) is 25.0 Å². The second-order valence-corrected chi connectivity index (χ2v) is 9.07. The van der Waals surface area contributed by atoms with Crippen molar-refractivity contribution < 1.29 is 17.6 Å². The molecule has 2 aromatic rings. The first-order valence-corrected chi connectivity index (χ1v) is 11.0. The van der Waals surface area contributed by atoms with Gasteiger partial charge < -0.3 is 5.32 Å². The number of piperidine rings is 1. The minimum absolute atomic E-state index is 0.127. The summed E-state index contributed by atoms with van der Waals surface area (Å²) in [5, 5.41) is 11.5. The van der Waals surface area contributed by atoms with E-state index < -0.39 is 21.8 Å². The fourth-order valence-electron chi connectivity index (χ4n) is 3.33.